The van der Waals surface area contributed by atoms with Crippen LogP contribution in [0, 0.1) is 5.92 Å². The minimum atomic E-state index is -0.978. The summed E-state index contributed by atoms with van der Waals surface area (Å²) >= 11 is 0. The van der Waals surface area contributed by atoms with Gasteiger partial charge in [-0.05, 0) is 25.0 Å². The fourth-order valence-corrected chi connectivity index (χ4v) is 2.15. The number of nitrogens with one attached hydrogen (secondary N) is 1. The van der Waals surface area contributed by atoms with E-state index in [1.165, 1.54) is 4.40 Å². The SMILES string of the molecule is CCC(C)C(C)(O)CNC(=O)Cn1nc2ccccn2c1=O. The van der Waals surface area contributed by atoms with Gasteiger partial charge in [0.05, 0.1) is 5.60 Å². The molecule has 7 heteroatoms. The summed E-state index contributed by atoms with van der Waals surface area (Å²) in [4.78, 5) is 24.0. The van der Waals surface area contributed by atoms with Gasteiger partial charge in [0, 0.05) is 12.7 Å². The zero-order chi connectivity index (χ0) is 16.3. The van der Waals surface area contributed by atoms with Crippen molar-refractivity contribution in [3.05, 3.63) is 34.9 Å². The van der Waals surface area contributed by atoms with Gasteiger partial charge in [-0.15, -0.1) is 5.10 Å². The molecule has 0 aliphatic rings. The maximum Gasteiger partial charge on any atom is 0.350 e. The van der Waals surface area contributed by atoms with Crippen LogP contribution in [0.15, 0.2) is 29.2 Å². The summed E-state index contributed by atoms with van der Waals surface area (Å²) in [6.45, 7) is 5.58. The molecule has 0 saturated carbocycles. The molecule has 0 saturated heterocycles. The van der Waals surface area contributed by atoms with Gasteiger partial charge in [0.15, 0.2) is 5.65 Å². The van der Waals surface area contributed by atoms with Crippen molar-refractivity contribution in [1.82, 2.24) is 19.5 Å². The molecule has 0 radical (unpaired) electrons. The Bertz CT molecular complexity index is 717. The van der Waals surface area contributed by atoms with Crippen molar-refractivity contribution in [2.75, 3.05) is 6.54 Å². The van der Waals surface area contributed by atoms with E-state index in [1.54, 1.807) is 31.3 Å². The summed E-state index contributed by atoms with van der Waals surface area (Å²) in [6.07, 6.45) is 2.42. The minimum absolute atomic E-state index is 0.0608. The average Bonchev–Trinajstić information content (AvgIpc) is 2.81. The Kier molecular flexibility index (Phi) is 4.65. The third kappa shape index (κ3) is 3.36. The van der Waals surface area contributed by atoms with Gasteiger partial charge < -0.3 is 10.4 Å². The van der Waals surface area contributed by atoms with Gasteiger partial charge in [-0.25, -0.2) is 9.48 Å². The van der Waals surface area contributed by atoms with Crippen LogP contribution in [0.25, 0.3) is 5.65 Å². The van der Waals surface area contributed by atoms with Crippen molar-refractivity contribution >= 4 is 11.6 Å². The quantitative estimate of drug-likeness (QED) is 0.809. The second-order valence-corrected chi connectivity index (χ2v) is 5.81. The standard InChI is InChI=1S/C15H22N4O3/c1-4-11(2)15(3,22)10-16-13(20)9-19-14(21)18-8-6-5-7-12(18)17-19/h5-8,11,22H,4,9-10H2,1-3H3,(H,16,20). The van der Waals surface area contributed by atoms with Gasteiger partial charge in [-0.3, -0.25) is 9.20 Å². The van der Waals surface area contributed by atoms with Crippen LogP contribution in [0.1, 0.15) is 27.2 Å². The number of hydrogen-bond acceptors (Lipinski definition) is 4. The van der Waals surface area contributed by atoms with Crippen molar-refractivity contribution in [3.63, 3.8) is 0 Å². The van der Waals surface area contributed by atoms with Crippen LogP contribution in [0.3, 0.4) is 0 Å². The lowest BCUT2D eigenvalue weighted by Gasteiger charge is -2.29. The lowest BCUT2D eigenvalue weighted by molar-refractivity contribution is -0.123. The number of pyridine rings is 1. The van der Waals surface area contributed by atoms with Gasteiger partial charge in [-0.2, -0.15) is 0 Å². The number of carbonyl (C=O) groups excluding carboxylic acids is 1. The van der Waals surface area contributed by atoms with Crippen molar-refractivity contribution in [3.8, 4) is 0 Å². The fraction of sp³-hybridized carbons (Fsp3) is 0.533. The predicted octanol–water partition coefficient (Wildman–Crippen LogP) is 0.409. The molecule has 2 aromatic heterocycles. The van der Waals surface area contributed by atoms with Crippen LogP contribution in [0.2, 0.25) is 0 Å². The fourth-order valence-electron chi connectivity index (χ4n) is 2.15. The molecular weight excluding hydrogens is 284 g/mol. The number of carbonyl (C=O) groups is 1. The first-order valence-electron chi connectivity index (χ1n) is 7.38. The number of nitrogens with zero attached hydrogens (tertiary/aromatic N) is 3. The maximum atomic E-state index is 12.1. The molecule has 120 valence electrons. The Labute approximate surface area is 128 Å². The predicted molar refractivity (Wildman–Crippen MR) is 82.5 cm³/mol. The number of aromatic nitrogens is 3. The number of aliphatic hydroxyl groups is 1. The molecule has 0 aliphatic heterocycles. The highest BCUT2D eigenvalue weighted by molar-refractivity contribution is 5.75. The molecule has 2 aromatic rings. The monoisotopic (exact) mass is 306 g/mol. The van der Waals surface area contributed by atoms with Crippen LogP contribution in [-0.4, -0.2) is 37.3 Å². The minimum Gasteiger partial charge on any atom is -0.388 e. The lowest BCUT2D eigenvalue weighted by Crippen LogP contribution is -2.46. The zero-order valence-corrected chi connectivity index (χ0v) is 13.1. The van der Waals surface area contributed by atoms with Crippen LogP contribution < -0.4 is 11.0 Å². The van der Waals surface area contributed by atoms with Gasteiger partial charge in [0.25, 0.3) is 0 Å². The molecule has 22 heavy (non-hydrogen) atoms. The van der Waals surface area contributed by atoms with Gasteiger partial charge in [0.1, 0.15) is 6.54 Å². The molecule has 1 amide bonds. The first-order chi connectivity index (χ1) is 10.3. The molecule has 2 N–H and O–H groups in total. The van der Waals surface area contributed by atoms with Crippen LogP contribution in [-0.2, 0) is 11.3 Å². The van der Waals surface area contributed by atoms with Gasteiger partial charge in [-0.1, -0.05) is 26.3 Å². The average molecular weight is 306 g/mol. The molecule has 2 atom stereocenters. The van der Waals surface area contributed by atoms with E-state index in [4.69, 9.17) is 0 Å². The van der Waals surface area contributed by atoms with Crippen molar-refractivity contribution in [2.45, 2.75) is 39.3 Å². The van der Waals surface area contributed by atoms with E-state index in [9.17, 15) is 14.7 Å². The molecular formula is C15H22N4O3. The van der Waals surface area contributed by atoms with E-state index in [-0.39, 0.29) is 30.6 Å². The van der Waals surface area contributed by atoms with E-state index in [1.807, 2.05) is 13.8 Å². The molecule has 0 bridgehead atoms. The number of fused-ring (bicyclic) bond motifs is 1. The molecule has 0 aromatic carbocycles. The molecule has 2 heterocycles. The molecule has 0 spiro atoms. The third-order valence-electron chi connectivity index (χ3n) is 4.10. The Hall–Kier alpha value is -2.15. The first kappa shape index (κ1) is 16.2. The number of hydrogen-bond donors (Lipinski definition) is 2. The molecule has 0 fully saturated rings. The van der Waals surface area contributed by atoms with Crippen LogP contribution in [0.4, 0.5) is 0 Å². The first-order valence-corrected chi connectivity index (χ1v) is 7.38. The van der Waals surface area contributed by atoms with E-state index < -0.39 is 5.60 Å². The second kappa shape index (κ2) is 6.31. The molecule has 2 unspecified atom stereocenters. The van der Waals surface area contributed by atoms with Crippen LogP contribution >= 0.6 is 0 Å². The Morgan fingerprint density at radius 1 is 1.50 bits per heavy atom. The smallest absolute Gasteiger partial charge is 0.350 e. The maximum absolute atomic E-state index is 12.1. The van der Waals surface area contributed by atoms with Crippen molar-refractivity contribution < 1.29 is 9.90 Å². The molecule has 7 nitrogen and oxygen atoms in total. The highest BCUT2D eigenvalue weighted by Gasteiger charge is 2.27. The number of rotatable bonds is 6. The summed E-state index contributed by atoms with van der Waals surface area (Å²) in [6, 6.07) is 5.20. The summed E-state index contributed by atoms with van der Waals surface area (Å²) < 4.78 is 2.49. The summed E-state index contributed by atoms with van der Waals surface area (Å²) in [5, 5.41) is 17.0. The summed E-state index contributed by atoms with van der Waals surface area (Å²) in [5.74, 6) is -0.292. The van der Waals surface area contributed by atoms with E-state index in [2.05, 4.69) is 10.4 Å². The van der Waals surface area contributed by atoms with Crippen molar-refractivity contribution in [2.24, 2.45) is 5.92 Å². The normalized spacial score (nSPS) is 15.5. The number of amides is 1. The van der Waals surface area contributed by atoms with Gasteiger partial charge >= 0.3 is 5.69 Å². The molecule has 2 rings (SSSR count). The lowest BCUT2D eigenvalue weighted by atomic mass is 9.89. The largest absolute Gasteiger partial charge is 0.388 e. The Balaban J connectivity index is 2.03. The summed E-state index contributed by atoms with van der Waals surface area (Å²) in [7, 11) is 0. The van der Waals surface area contributed by atoms with Crippen LogP contribution in [0.5, 0.6) is 0 Å². The summed E-state index contributed by atoms with van der Waals surface area (Å²) in [5.41, 5.74) is -0.847. The van der Waals surface area contributed by atoms with E-state index in [0.717, 1.165) is 11.1 Å². The highest BCUT2D eigenvalue weighted by Crippen LogP contribution is 2.18. The van der Waals surface area contributed by atoms with Gasteiger partial charge in [0.2, 0.25) is 5.91 Å². The Morgan fingerprint density at radius 3 is 2.86 bits per heavy atom. The highest BCUT2D eigenvalue weighted by atomic mass is 16.3. The van der Waals surface area contributed by atoms with E-state index in [0.29, 0.717) is 5.65 Å². The van der Waals surface area contributed by atoms with E-state index >= 15 is 0 Å². The zero-order valence-electron chi connectivity index (χ0n) is 13.1. The second-order valence-electron chi connectivity index (χ2n) is 5.81. The Morgan fingerprint density at radius 2 is 2.23 bits per heavy atom. The topological polar surface area (TPSA) is 88.6 Å². The third-order valence-corrected chi connectivity index (χ3v) is 4.10. The molecule has 0 aliphatic carbocycles. The van der Waals surface area contributed by atoms with Crippen molar-refractivity contribution in [1.29, 1.82) is 0 Å².